The fourth-order valence-corrected chi connectivity index (χ4v) is 7.09. The molecule has 10 nitrogen and oxygen atoms in total. The van der Waals surface area contributed by atoms with E-state index in [1.54, 1.807) is 19.5 Å². The van der Waals surface area contributed by atoms with Gasteiger partial charge in [-0.25, -0.2) is 14.4 Å². The van der Waals surface area contributed by atoms with E-state index < -0.39 is 6.17 Å². The number of aliphatic hydroxyl groups excluding tert-OH is 1. The van der Waals surface area contributed by atoms with Crippen molar-refractivity contribution < 1.29 is 23.8 Å². The summed E-state index contributed by atoms with van der Waals surface area (Å²) in [5.41, 5.74) is 5.05. The predicted molar refractivity (Wildman–Crippen MR) is 182 cm³/mol. The Balaban J connectivity index is 1.24. The van der Waals surface area contributed by atoms with Gasteiger partial charge in [0, 0.05) is 53.8 Å². The van der Waals surface area contributed by atoms with E-state index in [0.29, 0.717) is 80.5 Å². The Labute approximate surface area is 288 Å². The number of aromatic nitrogens is 4. The summed E-state index contributed by atoms with van der Waals surface area (Å²) in [5.74, 6) is 0.845. The molecular formula is C35H37Cl2FN6O4. The Morgan fingerprint density at radius 3 is 2.08 bits per heavy atom. The van der Waals surface area contributed by atoms with Crippen LogP contribution < -0.4 is 14.8 Å². The number of nitrogens with one attached hydrogen (secondary N) is 1. The summed E-state index contributed by atoms with van der Waals surface area (Å²) < 4.78 is 25.2. The lowest BCUT2D eigenvalue weighted by Crippen LogP contribution is -2.32. The number of ether oxygens (including phenoxy) is 2. The van der Waals surface area contributed by atoms with Crippen LogP contribution in [0.15, 0.2) is 48.8 Å². The van der Waals surface area contributed by atoms with E-state index in [0.717, 1.165) is 25.0 Å². The van der Waals surface area contributed by atoms with Crippen molar-refractivity contribution in [2.45, 2.75) is 63.3 Å². The van der Waals surface area contributed by atoms with Gasteiger partial charge in [-0.05, 0) is 32.1 Å². The maximum atomic E-state index is 14.0. The van der Waals surface area contributed by atoms with Gasteiger partial charge in [0.1, 0.15) is 17.6 Å². The molecule has 2 aliphatic rings. The van der Waals surface area contributed by atoms with Crippen LogP contribution in [0, 0.1) is 0 Å². The zero-order valence-electron chi connectivity index (χ0n) is 26.8. The lowest BCUT2D eigenvalue weighted by atomic mass is 9.98. The summed E-state index contributed by atoms with van der Waals surface area (Å²) in [7, 11) is 3.08. The number of amides is 1. The topological polar surface area (TPSA) is 123 Å². The van der Waals surface area contributed by atoms with E-state index in [2.05, 4.69) is 15.3 Å². The highest BCUT2D eigenvalue weighted by Crippen LogP contribution is 2.42. The lowest BCUT2D eigenvalue weighted by molar-refractivity contribution is -0.119. The highest BCUT2D eigenvalue weighted by Gasteiger charge is 2.32. The minimum absolute atomic E-state index is 0.113. The van der Waals surface area contributed by atoms with E-state index in [-0.39, 0.29) is 37.6 Å². The highest BCUT2D eigenvalue weighted by molar-refractivity contribution is 6.39. The van der Waals surface area contributed by atoms with Crippen molar-refractivity contribution in [3.63, 3.8) is 0 Å². The molecule has 2 aromatic carbocycles. The second-order valence-electron chi connectivity index (χ2n) is 12.1. The molecule has 252 valence electrons. The van der Waals surface area contributed by atoms with Gasteiger partial charge in [-0.2, -0.15) is 0 Å². The van der Waals surface area contributed by atoms with Gasteiger partial charge < -0.3 is 19.9 Å². The number of hydrogen-bond donors (Lipinski definition) is 2. The number of rotatable bonds is 12. The van der Waals surface area contributed by atoms with Crippen LogP contribution in [0.5, 0.6) is 11.8 Å². The largest absolute Gasteiger partial charge is 0.480 e. The van der Waals surface area contributed by atoms with Crippen LogP contribution in [0.4, 0.5) is 4.39 Å². The normalized spacial score (nSPS) is 19.5. The molecular weight excluding hydrogens is 658 g/mol. The first kappa shape index (κ1) is 34.0. The number of aryl methyl sites for hydroxylation is 1. The van der Waals surface area contributed by atoms with Gasteiger partial charge in [0.05, 0.1) is 54.7 Å². The molecule has 0 spiro atoms. The molecule has 0 saturated carbocycles. The van der Waals surface area contributed by atoms with Gasteiger partial charge in [-0.3, -0.25) is 19.7 Å². The summed E-state index contributed by atoms with van der Waals surface area (Å²) in [5, 5.41) is 13.6. The van der Waals surface area contributed by atoms with Crippen molar-refractivity contribution in [3.8, 4) is 45.4 Å². The second-order valence-corrected chi connectivity index (χ2v) is 12.8. The summed E-state index contributed by atoms with van der Waals surface area (Å²) in [6.45, 7) is 0.387. The molecule has 0 radical (unpaired) electrons. The Kier molecular flexibility index (Phi) is 10.7. The Hall–Kier alpha value is -3.90. The molecule has 6 rings (SSSR count). The van der Waals surface area contributed by atoms with Crippen LogP contribution in [0.1, 0.15) is 43.5 Å². The Bertz CT molecular complexity index is 1800. The van der Waals surface area contributed by atoms with Gasteiger partial charge in [-0.1, -0.05) is 59.6 Å². The fourth-order valence-electron chi connectivity index (χ4n) is 6.44. The number of nitrogens with zero attached hydrogens (tertiary/aromatic N) is 5. The number of aliphatic hydroxyl groups is 1. The third-order valence-electron chi connectivity index (χ3n) is 8.94. The summed E-state index contributed by atoms with van der Waals surface area (Å²) >= 11 is 14.1. The molecule has 2 fully saturated rings. The fraction of sp³-hybridized carbons (Fsp3) is 0.400. The molecule has 2 aliphatic heterocycles. The first-order valence-corrected chi connectivity index (χ1v) is 16.7. The van der Waals surface area contributed by atoms with Crippen LogP contribution in [0.3, 0.4) is 0 Å². The molecule has 0 unspecified atom stereocenters. The SMILES string of the molecule is COc1nc(-c2cccc(-c3cccc(-c4cnc(CN5C[C@@H](F)C[C@H]5CO)c(OC)n4)c3Cl)c2Cl)cnc1CCC[C@@H]1CCC(=O)N1. The van der Waals surface area contributed by atoms with Crippen LogP contribution in [-0.4, -0.2) is 81.5 Å². The third-order valence-corrected chi connectivity index (χ3v) is 9.76. The zero-order valence-corrected chi connectivity index (χ0v) is 28.3. The molecule has 4 heterocycles. The minimum Gasteiger partial charge on any atom is -0.480 e. The van der Waals surface area contributed by atoms with Crippen molar-refractivity contribution in [2.75, 3.05) is 27.4 Å². The number of carbonyl (C=O) groups is 1. The van der Waals surface area contributed by atoms with E-state index in [4.69, 9.17) is 42.6 Å². The van der Waals surface area contributed by atoms with Crippen molar-refractivity contribution in [2.24, 2.45) is 0 Å². The molecule has 0 aliphatic carbocycles. The van der Waals surface area contributed by atoms with Crippen LogP contribution in [0.25, 0.3) is 33.6 Å². The minimum atomic E-state index is -0.996. The van der Waals surface area contributed by atoms with Crippen LogP contribution in [0.2, 0.25) is 10.0 Å². The van der Waals surface area contributed by atoms with Crippen molar-refractivity contribution in [1.29, 1.82) is 0 Å². The van der Waals surface area contributed by atoms with E-state index in [1.165, 1.54) is 7.11 Å². The Morgan fingerprint density at radius 1 is 0.938 bits per heavy atom. The molecule has 2 aromatic heterocycles. The smallest absolute Gasteiger partial charge is 0.237 e. The van der Waals surface area contributed by atoms with Gasteiger partial charge in [-0.15, -0.1) is 0 Å². The highest BCUT2D eigenvalue weighted by atomic mass is 35.5. The summed E-state index contributed by atoms with van der Waals surface area (Å²) in [6.07, 6.45) is 6.45. The van der Waals surface area contributed by atoms with Gasteiger partial charge in [0.15, 0.2) is 0 Å². The molecule has 4 aromatic rings. The monoisotopic (exact) mass is 694 g/mol. The third kappa shape index (κ3) is 7.24. The molecule has 13 heteroatoms. The first-order valence-electron chi connectivity index (χ1n) is 16.0. The zero-order chi connectivity index (χ0) is 33.8. The maximum absolute atomic E-state index is 14.0. The average molecular weight is 696 g/mol. The number of likely N-dealkylation sites (tertiary alicyclic amines) is 1. The molecule has 2 saturated heterocycles. The number of halogens is 3. The predicted octanol–water partition coefficient (Wildman–Crippen LogP) is 6.10. The standard InChI is InChI=1S/C35H37Cl2FN6O4/c1-47-34-27(11-3-6-21-12-13-31(46)41-21)39-15-28(42-34)25-9-4-7-23(32(25)36)24-8-5-10-26(33(24)37)29-16-40-30(35(43-29)48-2)18-44-17-20(38)14-22(44)19-45/h4-5,7-10,15-16,20-22,45H,3,6,11-14,17-19H2,1-2H3,(H,41,46)/t20-,21+,22-/m0/s1. The number of hydrogen-bond acceptors (Lipinski definition) is 9. The number of methoxy groups -OCH3 is 2. The molecule has 48 heavy (non-hydrogen) atoms. The Morgan fingerprint density at radius 2 is 1.52 bits per heavy atom. The average Bonchev–Trinajstić information content (AvgIpc) is 3.68. The number of alkyl halides is 1. The van der Waals surface area contributed by atoms with Crippen molar-refractivity contribution in [3.05, 3.63) is 70.2 Å². The van der Waals surface area contributed by atoms with E-state index >= 15 is 0 Å². The van der Waals surface area contributed by atoms with Gasteiger partial charge in [0.25, 0.3) is 0 Å². The lowest BCUT2D eigenvalue weighted by Gasteiger charge is -2.22. The quantitative estimate of drug-likeness (QED) is 0.181. The molecule has 0 bridgehead atoms. The summed E-state index contributed by atoms with van der Waals surface area (Å²) in [4.78, 5) is 32.1. The molecule has 1 amide bonds. The number of carbonyl (C=O) groups excluding carboxylic acids is 1. The van der Waals surface area contributed by atoms with Gasteiger partial charge >= 0.3 is 0 Å². The van der Waals surface area contributed by atoms with Crippen LogP contribution in [-0.2, 0) is 17.8 Å². The molecule has 3 atom stereocenters. The van der Waals surface area contributed by atoms with Crippen molar-refractivity contribution in [1.82, 2.24) is 30.2 Å². The first-order chi connectivity index (χ1) is 23.3. The molecule has 2 N–H and O–H groups in total. The van der Waals surface area contributed by atoms with E-state index in [1.807, 2.05) is 41.3 Å². The second kappa shape index (κ2) is 15.1. The van der Waals surface area contributed by atoms with E-state index in [9.17, 15) is 14.3 Å². The van der Waals surface area contributed by atoms with Gasteiger partial charge in [0.2, 0.25) is 17.7 Å². The number of benzene rings is 2. The van der Waals surface area contributed by atoms with Crippen molar-refractivity contribution >= 4 is 29.1 Å². The van der Waals surface area contributed by atoms with Crippen LogP contribution >= 0.6 is 23.2 Å². The summed E-state index contributed by atoms with van der Waals surface area (Å²) in [6, 6.07) is 11.2. The maximum Gasteiger partial charge on any atom is 0.237 e.